The third kappa shape index (κ3) is 3.77. The van der Waals surface area contributed by atoms with Crippen molar-refractivity contribution in [1.29, 1.82) is 0 Å². The fourth-order valence-corrected chi connectivity index (χ4v) is 4.64. The molecular weight excluding hydrogens is 308 g/mol. The summed E-state index contributed by atoms with van der Waals surface area (Å²) in [4.78, 5) is 2.64. The molecular formula is C15H21ClN2O2S. The van der Waals surface area contributed by atoms with E-state index >= 15 is 0 Å². The van der Waals surface area contributed by atoms with Gasteiger partial charge in [0.1, 0.15) is 0 Å². The lowest BCUT2D eigenvalue weighted by atomic mass is 10.1. The topological polar surface area (TPSA) is 49.4 Å². The van der Waals surface area contributed by atoms with Crippen LogP contribution in [-0.2, 0) is 9.84 Å². The third-order valence-electron chi connectivity index (χ3n) is 4.46. The average Bonchev–Trinajstić information content (AvgIpc) is 2.78. The summed E-state index contributed by atoms with van der Waals surface area (Å²) >= 11 is 5.80. The van der Waals surface area contributed by atoms with E-state index in [9.17, 15) is 8.42 Å². The first kappa shape index (κ1) is 15.3. The van der Waals surface area contributed by atoms with Gasteiger partial charge < -0.3 is 10.2 Å². The van der Waals surface area contributed by atoms with Crippen LogP contribution in [0, 0.1) is 0 Å². The number of rotatable bonds is 4. The summed E-state index contributed by atoms with van der Waals surface area (Å²) in [5.74, 6) is 0.173. The number of fused-ring (bicyclic) bond motifs is 2. The van der Waals surface area contributed by atoms with Gasteiger partial charge in [0.2, 0.25) is 0 Å². The smallest absolute Gasteiger partial charge is 0.179 e. The molecule has 2 atom stereocenters. The first-order chi connectivity index (χ1) is 10.0. The second kappa shape index (κ2) is 6.24. The zero-order chi connectivity index (χ0) is 14.9. The zero-order valence-corrected chi connectivity index (χ0v) is 13.5. The standard InChI is InChI=1S/C15H21ClN2O2S/c16-12-1-5-15(6-2-12)21(19,20)10-9-18-8-7-13-3-4-14(11-18)17-13/h1-2,5-6,13-14,17H,3-4,7-11H2. The number of sulfone groups is 1. The second-order valence-corrected chi connectivity index (χ2v) is 8.55. The van der Waals surface area contributed by atoms with E-state index in [-0.39, 0.29) is 5.75 Å². The molecule has 0 radical (unpaired) electrons. The van der Waals surface area contributed by atoms with Crippen LogP contribution >= 0.6 is 11.6 Å². The molecule has 0 saturated carbocycles. The summed E-state index contributed by atoms with van der Waals surface area (Å²) in [6.45, 7) is 2.56. The van der Waals surface area contributed by atoms with Crippen LogP contribution in [-0.4, -0.2) is 50.8 Å². The van der Waals surface area contributed by atoms with Gasteiger partial charge in [-0.2, -0.15) is 0 Å². The van der Waals surface area contributed by atoms with E-state index in [1.165, 1.54) is 12.8 Å². The fourth-order valence-electron chi connectivity index (χ4n) is 3.23. The first-order valence-electron chi connectivity index (χ1n) is 7.50. The van der Waals surface area contributed by atoms with Gasteiger partial charge in [-0.15, -0.1) is 0 Å². The van der Waals surface area contributed by atoms with Crippen LogP contribution in [0.4, 0.5) is 0 Å². The summed E-state index contributed by atoms with van der Waals surface area (Å²) in [6.07, 6.45) is 3.60. The highest BCUT2D eigenvalue weighted by atomic mass is 35.5. The van der Waals surface area contributed by atoms with Gasteiger partial charge in [0.15, 0.2) is 9.84 Å². The Kier molecular flexibility index (Phi) is 4.54. The molecule has 2 bridgehead atoms. The number of likely N-dealkylation sites (tertiary alicyclic amines) is 1. The Bertz CT molecular complexity index is 588. The first-order valence-corrected chi connectivity index (χ1v) is 9.53. The van der Waals surface area contributed by atoms with Crippen LogP contribution in [0.1, 0.15) is 19.3 Å². The van der Waals surface area contributed by atoms with Crippen LogP contribution in [0.5, 0.6) is 0 Å². The molecule has 2 heterocycles. The van der Waals surface area contributed by atoms with Crippen LogP contribution in [0.15, 0.2) is 29.2 Å². The van der Waals surface area contributed by atoms with E-state index in [1.54, 1.807) is 24.3 Å². The summed E-state index contributed by atoms with van der Waals surface area (Å²) in [5.41, 5.74) is 0. The van der Waals surface area contributed by atoms with Gasteiger partial charge in [-0.3, -0.25) is 0 Å². The lowest BCUT2D eigenvalue weighted by Crippen LogP contribution is -2.37. The van der Waals surface area contributed by atoms with Crippen molar-refractivity contribution in [2.75, 3.05) is 25.4 Å². The Labute approximate surface area is 131 Å². The molecule has 2 aliphatic heterocycles. The van der Waals surface area contributed by atoms with Crippen molar-refractivity contribution in [1.82, 2.24) is 10.2 Å². The fraction of sp³-hybridized carbons (Fsp3) is 0.600. The predicted molar refractivity (Wildman–Crippen MR) is 84.5 cm³/mol. The Balaban J connectivity index is 1.60. The van der Waals surface area contributed by atoms with Crippen molar-refractivity contribution in [2.45, 2.75) is 36.2 Å². The summed E-state index contributed by atoms with van der Waals surface area (Å²) < 4.78 is 24.7. The van der Waals surface area contributed by atoms with E-state index in [4.69, 9.17) is 11.6 Å². The molecule has 21 heavy (non-hydrogen) atoms. The minimum atomic E-state index is -3.22. The van der Waals surface area contributed by atoms with E-state index in [2.05, 4.69) is 10.2 Å². The molecule has 1 aromatic carbocycles. The third-order valence-corrected chi connectivity index (χ3v) is 6.42. The molecule has 0 amide bonds. The molecule has 0 spiro atoms. The number of benzene rings is 1. The lowest BCUT2D eigenvalue weighted by molar-refractivity contribution is 0.273. The van der Waals surface area contributed by atoms with Crippen LogP contribution in [0.25, 0.3) is 0 Å². The van der Waals surface area contributed by atoms with E-state index in [1.807, 2.05) is 0 Å². The molecule has 2 fully saturated rings. The maximum absolute atomic E-state index is 12.3. The molecule has 2 unspecified atom stereocenters. The summed E-state index contributed by atoms with van der Waals surface area (Å²) in [7, 11) is -3.22. The molecule has 3 rings (SSSR count). The quantitative estimate of drug-likeness (QED) is 0.917. The largest absolute Gasteiger partial charge is 0.310 e. The highest BCUT2D eigenvalue weighted by Crippen LogP contribution is 2.21. The van der Waals surface area contributed by atoms with E-state index < -0.39 is 9.84 Å². The highest BCUT2D eigenvalue weighted by molar-refractivity contribution is 7.91. The number of nitrogens with one attached hydrogen (secondary N) is 1. The normalized spacial score (nSPS) is 26.7. The molecule has 2 saturated heterocycles. The van der Waals surface area contributed by atoms with Crippen molar-refractivity contribution in [3.8, 4) is 0 Å². The van der Waals surface area contributed by atoms with Crippen LogP contribution in [0.2, 0.25) is 5.02 Å². The zero-order valence-electron chi connectivity index (χ0n) is 12.0. The summed E-state index contributed by atoms with van der Waals surface area (Å²) in [5, 5.41) is 4.17. The van der Waals surface area contributed by atoms with Crippen molar-refractivity contribution >= 4 is 21.4 Å². The van der Waals surface area contributed by atoms with Crippen LogP contribution < -0.4 is 5.32 Å². The molecule has 0 aliphatic carbocycles. The van der Waals surface area contributed by atoms with E-state index in [0.29, 0.717) is 28.5 Å². The minimum Gasteiger partial charge on any atom is -0.310 e. The second-order valence-electron chi connectivity index (χ2n) is 6.00. The number of nitrogens with zero attached hydrogens (tertiary/aromatic N) is 1. The Morgan fingerprint density at radius 1 is 1.14 bits per heavy atom. The maximum Gasteiger partial charge on any atom is 0.179 e. The van der Waals surface area contributed by atoms with Crippen molar-refractivity contribution < 1.29 is 8.42 Å². The van der Waals surface area contributed by atoms with Crippen molar-refractivity contribution in [2.24, 2.45) is 0 Å². The van der Waals surface area contributed by atoms with Gasteiger partial charge in [-0.1, -0.05) is 11.6 Å². The van der Waals surface area contributed by atoms with Gasteiger partial charge in [-0.25, -0.2) is 8.42 Å². The maximum atomic E-state index is 12.3. The molecule has 1 N–H and O–H groups in total. The molecule has 6 heteroatoms. The van der Waals surface area contributed by atoms with Crippen molar-refractivity contribution in [3.63, 3.8) is 0 Å². The van der Waals surface area contributed by atoms with Gasteiger partial charge in [0, 0.05) is 30.2 Å². The Morgan fingerprint density at radius 3 is 2.62 bits per heavy atom. The van der Waals surface area contributed by atoms with Gasteiger partial charge in [0.25, 0.3) is 0 Å². The number of hydrogen-bond acceptors (Lipinski definition) is 4. The van der Waals surface area contributed by atoms with Gasteiger partial charge in [-0.05, 0) is 50.1 Å². The average molecular weight is 329 g/mol. The molecule has 4 nitrogen and oxygen atoms in total. The Morgan fingerprint density at radius 2 is 1.86 bits per heavy atom. The van der Waals surface area contributed by atoms with Gasteiger partial charge >= 0.3 is 0 Å². The molecule has 116 valence electrons. The predicted octanol–water partition coefficient (Wildman–Crippen LogP) is 1.94. The minimum absolute atomic E-state index is 0.173. The lowest BCUT2D eigenvalue weighted by Gasteiger charge is -2.23. The molecule has 1 aromatic rings. The number of halogens is 1. The summed E-state index contributed by atoms with van der Waals surface area (Å²) in [6, 6.07) is 7.60. The monoisotopic (exact) mass is 328 g/mol. The van der Waals surface area contributed by atoms with Gasteiger partial charge in [0.05, 0.1) is 10.6 Å². The highest BCUT2D eigenvalue weighted by Gasteiger charge is 2.29. The molecule has 0 aromatic heterocycles. The van der Waals surface area contributed by atoms with E-state index in [0.717, 1.165) is 19.5 Å². The Hall–Kier alpha value is -0.620. The SMILES string of the molecule is O=S(=O)(CCN1CCC2CCC(C1)N2)c1ccc(Cl)cc1. The van der Waals surface area contributed by atoms with Crippen LogP contribution in [0.3, 0.4) is 0 Å². The van der Waals surface area contributed by atoms with Crippen molar-refractivity contribution in [3.05, 3.63) is 29.3 Å². The molecule has 2 aliphatic rings. The number of hydrogen-bond donors (Lipinski definition) is 1.